The van der Waals surface area contributed by atoms with Gasteiger partial charge in [0.1, 0.15) is 11.6 Å². The molecule has 9 heteroatoms. The second-order valence-electron chi connectivity index (χ2n) is 6.35. The number of rotatable bonds is 5. The summed E-state index contributed by atoms with van der Waals surface area (Å²) in [5.41, 5.74) is 0.576. The lowest BCUT2D eigenvalue weighted by Crippen LogP contribution is -2.31. The number of anilines is 1. The van der Waals surface area contributed by atoms with Gasteiger partial charge in [-0.1, -0.05) is 23.5 Å². The largest absolute Gasteiger partial charge is 0.467 e. The highest BCUT2D eigenvalue weighted by molar-refractivity contribution is 7.90. The third kappa shape index (κ3) is 3.92. The van der Waals surface area contributed by atoms with Gasteiger partial charge in [-0.2, -0.15) is 0 Å². The Kier molecular flexibility index (Phi) is 4.93. The first-order valence-electron chi connectivity index (χ1n) is 8.52. The lowest BCUT2D eigenvalue weighted by molar-refractivity contribution is 0.0980. The summed E-state index contributed by atoms with van der Waals surface area (Å²) in [5, 5.41) is 0.315. The lowest BCUT2D eigenvalue weighted by Gasteiger charge is -2.20. The molecule has 0 N–H and O–H groups in total. The Hall–Kier alpha value is -3.04. The van der Waals surface area contributed by atoms with Gasteiger partial charge in [-0.15, -0.1) is 0 Å². The normalized spacial score (nSPS) is 11.7. The number of carbonyl (C=O) groups excluding carboxylic acids is 1. The summed E-state index contributed by atoms with van der Waals surface area (Å²) in [6.45, 7) is 0.0479. The standard InChI is InChI=1S/C20H15FN2O4S2/c1-29(25,26)18-7-3-2-6-15(18)19(24)23(12-14-5-4-10-27-14)20-22-16-9-8-13(21)11-17(16)28-20/h2-11H,12H2,1H3. The Bertz CT molecular complexity index is 1300. The zero-order valence-electron chi connectivity index (χ0n) is 15.2. The van der Waals surface area contributed by atoms with Gasteiger partial charge in [-0.3, -0.25) is 9.69 Å². The fourth-order valence-electron chi connectivity index (χ4n) is 2.90. The van der Waals surface area contributed by atoms with E-state index in [-0.39, 0.29) is 17.0 Å². The monoisotopic (exact) mass is 430 g/mol. The van der Waals surface area contributed by atoms with Crippen molar-refractivity contribution >= 4 is 42.4 Å². The number of furan rings is 1. The molecule has 0 fully saturated rings. The highest BCUT2D eigenvalue weighted by Crippen LogP contribution is 2.32. The zero-order chi connectivity index (χ0) is 20.6. The minimum atomic E-state index is -3.62. The number of nitrogens with zero attached hydrogens (tertiary/aromatic N) is 2. The van der Waals surface area contributed by atoms with Crippen molar-refractivity contribution in [2.75, 3.05) is 11.2 Å². The Morgan fingerprint density at radius 2 is 1.97 bits per heavy atom. The van der Waals surface area contributed by atoms with Gasteiger partial charge in [0.2, 0.25) is 0 Å². The van der Waals surface area contributed by atoms with E-state index < -0.39 is 21.6 Å². The van der Waals surface area contributed by atoms with Crippen molar-refractivity contribution in [3.8, 4) is 0 Å². The van der Waals surface area contributed by atoms with E-state index in [1.165, 1.54) is 41.5 Å². The SMILES string of the molecule is CS(=O)(=O)c1ccccc1C(=O)N(Cc1ccco1)c1nc2ccc(F)cc2s1. The van der Waals surface area contributed by atoms with E-state index >= 15 is 0 Å². The van der Waals surface area contributed by atoms with Crippen molar-refractivity contribution in [1.29, 1.82) is 0 Å². The number of benzene rings is 2. The minimum Gasteiger partial charge on any atom is -0.467 e. The van der Waals surface area contributed by atoms with Crippen molar-refractivity contribution < 1.29 is 22.0 Å². The lowest BCUT2D eigenvalue weighted by atomic mass is 10.2. The zero-order valence-corrected chi connectivity index (χ0v) is 16.8. The highest BCUT2D eigenvalue weighted by atomic mass is 32.2. The maximum absolute atomic E-state index is 13.6. The van der Waals surface area contributed by atoms with E-state index in [1.54, 1.807) is 24.3 Å². The van der Waals surface area contributed by atoms with Crippen molar-refractivity contribution in [3.63, 3.8) is 0 Å². The summed E-state index contributed by atoms with van der Waals surface area (Å²) in [5.74, 6) is -0.443. The quantitative estimate of drug-likeness (QED) is 0.472. The molecule has 4 rings (SSSR count). The number of sulfone groups is 1. The Balaban J connectivity index is 1.83. The van der Waals surface area contributed by atoms with Gasteiger partial charge >= 0.3 is 0 Å². The van der Waals surface area contributed by atoms with Crippen LogP contribution < -0.4 is 4.90 Å². The first-order valence-corrected chi connectivity index (χ1v) is 11.2. The van der Waals surface area contributed by atoms with E-state index in [4.69, 9.17) is 4.42 Å². The molecule has 6 nitrogen and oxygen atoms in total. The van der Waals surface area contributed by atoms with Gasteiger partial charge in [0.05, 0.1) is 33.5 Å². The summed E-state index contributed by atoms with van der Waals surface area (Å²) in [7, 11) is -3.62. The Labute approximate surface area is 170 Å². The second-order valence-corrected chi connectivity index (χ2v) is 9.34. The van der Waals surface area contributed by atoms with Crippen molar-refractivity contribution in [3.05, 3.63) is 78.0 Å². The molecule has 0 unspecified atom stereocenters. The van der Waals surface area contributed by atoms with Crippen LogP contribution in [0.3, 0.4) is 0 Å². The van der Waals surface area contributed by atoms with E-state index in [0.29, 0.717) is 21.1 Å². The van der Waals surface area contributed by atoms with Gasteiger partial charge in [-0.25, -0.2) is 17.8 Å². The highest BCUT2D eigenvalue weighted by Gasteiger charge is 2.27. The first kappa shape index (κ1) is 19.3. The molecule has 0 aliphatic carbocycles. The number of thiazole rings is 1. The topological polar surface area (TPSA) is 80.5 Å². The van der Waals surface area contributed by atoms with Crippen LogP contribution >= 0.6 is 11.3 Å². The summed E-state index contributed by atoms with van der Waals surface area (Å²) in [6, 6.07) is 13.6. The van der Waals surface area contributed by atoms with Crippen LogP contribution in [-0.2, 0) is 16.4 Å². The summed E-state index contributed by atoms with van der Waals surface area (Å²) in [4.78, 5) is 19.1. The summed E-state index contributed by atoms with van der Waals surface area (Å²) in [6.07, 6.45) is 2.53. The molecule has 0 saturated carbocycles. The predicted molar refractivity (Wildman–Crippen MR) is 108 cm³/mol. The van der Waals surface area contributed by atoms with Crippen LogP contribution in [-0.4, -0.2) is 25.6 Å². The number of fused-ring (bicyclic) bond motifs is 1. The Morgan fingerprint density at radius 1 is 1.17 bits per heavy atom. The molecule has 29 heavy (non-hydrogen) atoms. The molecule has 0 spiro atoms. The average Bonchev–Trinajstić information content (AvgIpc) is 3.34. The Morgan fingerprint density at radius 3 is 2.69 bits per heavy atom. The van der Waals surface area contributed by atoms with Gasteiger partial charge in [0, 0.05) is 6.26 Å². The van der Waals surface area contributed by atoms with Crippen molar-refractivity contribution in [2.24, 2.45) is 0 Å². The van der Waals surface area contributed by atoms with Crippen LogP contribution in [0.5, 0.6) is 0 Å². The molecule has 2 aromatic carbocycles. The molecule has 0 aliphatic rings. The number of halogens is 1. The molecular formula is C20H15FN2O4S2. The molecule has 0 radical (unpaired) electrons. The fraction of sp³-hybridized carbons (Fsp3) is 0.100. The van der Waals surface area contributed by atoms with Crippen molar-refractivity contribution in [2.45, 2.75) is 11.4 Å². The maximum Gasteiger partial charge on any atom is 0.261 e. The van der Waals surface area contributed by atoms with Crippen LogP contribution in [0, 0.1) is 5.82 Å². The predicted octanol–water partition coefficient (Wildman–Crippen LogP) is 4.28. The molecule has 1 amide bonds. The third-order valence-corrected chi connectivity index (χ3v) is 6.42. The molecule has 2 aromatic heterocycles. The van der Waals surface area contributed by atoms with Crippen LogP contribution in [0.1, 0.15) is 16.1 Å². The number of amides is 1. The number of hydrogen-bond acceptors (Lipinski definition) is 6. The molecule has 0 saturated heterocycles. The molecule has 2 heterocycles. The van der Waals surface area contributed by atoms with Crippen LogP contribution in [0.4, 0.5) is 9.52 Å². The van der Waals surface area contributed by atoms with Crippen LogP contribution in [0.2, 0.25) is 0 Å². The molecule has 148 valence electrons. The van der Waals surface area contributed by atoms with E-state index in [0.717, 1.165) is 17.6 Å². The summed E-state index contributed by atoms with van der Waals surface area (Å²) >= 11 is 1.14. The van der Waals surface area contributed by atoms with Gasteiger partial charge in [0.15, 0.2) is 15.0 Å². The molecule has 4 aromatic rings. The molecule has 0 bridgehead atoms. The van der Waals surface area contributed by atoms with Crippen LogP contribution in [0.15, 0.2) is 70.2 Å². The van der Waals surface area contributed by atoms with E-state index in [1.807, 2.05) is 0 Å². The maximum atomic E-state index is 13.6. The number of hydrogen-bond donors (Lipinski definition) is 0. The van der Waals surface area contributed by atoms with Gasteiger partial charge in [-0.05, 0) is 42.5 Å². The smallest absolute Gasteiger partial charge is 0.261 e. The minimum absolute atomic E-state index is 0.0343. The van der Waals surface area contributed by atoms with Crippen LogP contribution in [0.25, 0.3) is 10.2 Å². The number of aromatic nitrogens is 1. The van der Waals surface area contributed by atoms with Gasteiger partial charge in [0.25, 0.3) is 5.91 Å². The molecule has 0 aliphatic heterocycles. The molecular weight excluding hydrogens is 415 g/mol. The van der Waals surface area contributed by atoms with E-state index in [2.05, 4.69) is 4.98 Å². The second kappa shape index (κ2) is 7.41. The average molecular weight is 430 g/mol. The van der Waals surface area contributed by atoms with E-state index in [9.17, 15) is 17.6 Å². The summed E-state index contributed by atoms with van der Waals surface area (Å²) < 4.78 is 43.9. The van der Waals surface area contributed by atoms with Crippen molar-refractivity contribution in [1.82, 2.24) is 4.98 Å². The fourth-order valence-corrected chi connectivity index (χ4v) is 4.77. The van der Waals surface area contributed by atoms with Gasteiger partial charge < -0.3 is 4.42 Å². The first-order chi connectivity index (χ1) is 13.8. The molecule has 0 atom stereocenters. The third-order valence-electron chi connectivity index (χ3n) is 4.23. The number of carbonyl (C=O) groups is 1.